The van der Waals surface area contributed by atoms with Crippen LogP contribution in [0.2, 0.25) is 0 Å². The molecule has 0 radical (unpaired) electrons. The fourth-order valence-corrected chi connectivity index (χ4v) is 1.11. The lowest BCUT2D eigenvalue weighted by atomic mass is 10.2. The molecule has 1 aromatic carbocycles. The van der Waals surface area contributed by atoms with Crippen LogP contribution in [0.25, 0.3) is 0 Å². The molecular formula is C10H15FN2O. The predicted molar refractivity (Wildman–Crippen MR) is 54.5 cm³/mol. The van der Waals surface area contributed by atoms with Gasteiger partial charge >= 0.3 is 0 Å². The minimum absolute atomic E-state index is 0.0297. The van der Waals surface area contributed by atoms with Crippen molar-refractivity contribution in [2.75, 3.05) is 11.9 Å². The monoisotopic (exact) mass is 198 g/mol. The van der Waals surface area contributed by atoms with Gasteiger partial charge in [0.2, 0.25) is 0 Å². The smallest absolute Gasteiger partial charge is 0.146 e. The molecule has 0 heterocycles. The Morgan fingerprint density at radius 2 is 2.29 bits per heavy atom. The maximum atomic E-state index is 13.3. The van der Waals surface area contributed by atoms with Crippen molar-refractivity contribution < 1.29 is 9.50 Å². The zero-order valence-corrected chi connectivity index (χ0v) is 8.13. The van der Waals surface area contributed by atoms with Crippen LogP contribution in [-0.2, 0) is 6.54 Å². The van der Waals surface area contributed by atoms with E-state index in [-0.39, 0.29) is 18.5 Å². The molecule has 0 aliphatic carbocycles. The van der Waals surface area contributed by atoms with E-state index in [1.165, 1.54) is 6.07 Å². The second-order valence-corrected chi connectivity index (χ2v) is 3.25. The van der Waals surface area contributed by atoms with Gasteiger partial charge in [0.25, 0.3) is 0 Å². The highest BCUT2D eigenvalue weighted by atomic mass is 19.1. The maximum Gasteiger partial charge on any atom is 0.146 e. The molecule has 0 aliphatic heterocycles. The van der Waals surface area contributed by atoms with Crippen LogP contribution in [0.4, 0.5) is 10.1 Å². The van der Waals surface area contributed by atoms with Crippen LogP contribution in [-0.4, -0.2) is 17.8 Å². The van der Waals surface area contributed by atoms with Gasteiger partial charge in [0, 0.05) is 12.6 Å². The standard InChI is InChI=1S/C10H15FN2O/c1-7(6-14)13-10-3-2-8(5-12)4-9(10)11/h2-4,7,13-14H,5-6,12H2,1H3. The average Bonchev–Trinajstić information content (AvgIpc) is 2.20. The van der Waals surface area contributed by atoms with E-state index in [1.807, 2.05) is 0 Å². The van der Waals surface area contributed by atoms with Gasteiger partial charge in [0.15, 0.2) is 0 Å². The van der Waals surface area contributed by atoms with Crippen LogP contribution in [0.5, 0.6) is 0 Å². The Balaban J connectivity index is 2.78. The molecule has 3 nitrogen and oxygen atoms in total. The predicted octanol–water partition coefficient (Wildman–Crippen LogP) is 1.08. The van der Waals surface area contributed by atoms with Crippen LogP contribution in [0.15, 0.2) is 18.2 Å². The number of benzene rings is 1. The molecule has 1 atom stereocenters. The third kappa shape index (κ3) is 2.68. The minimum atomic E-state index is -0.340. The topological polar surface area (TPSA) is 58.3 Å². The number of anilines is 1. The number of nitrogens with two attached hydrogens (primary N) is 1. The van der Waals surface area contributed by atoms with Crippen molar-refractivity contribution in [3.8, 4) is 0 Å². The molecule has 1 unspecified atom stereocenters. The molecule has 0 saturated carbocycles. The Bertz CT molecular complexity index is 304. The van der Waals surface area contributed by atoms with Crippen LogP contribution in [0, 0.1) is 5.82 Å². The molecule has 1 aromatic rings. The number of hydrogen-bond acceptors (Lipinski definition) is 3. The van der Waals surface area contributed by atoms with Crippen molar-refractivity contribution in [2.45, 2.75) is 19.5 Å². The lowest BCUT2D eigenvalue weighted by Crippen LogP contribution is -2.20. The Morgan fingerprint density at radius 1 is 1.57 bits per heavy atom. The maximum absolute atomic E-state index is 13.3. The van der Waals surface area contributed by atoms with E-state index in [2.05, 4.69) is 5.32 Å². The largest absolute Gasteiger partial charge is 0.394 e. The fraction of sp³-hybridized carbons (Fsp3) is 0.400. The summed E-state index contributed by atoms with van der Waals surface area (Å²) in [6.07, 6.45) is 0. The normalized spacial score (nSPS) is 12.6. The summed E-state index contributed by atoms with van der Waals surface area (Å²) in [6.45, 7) is 2.07. The zero-order chi connectivity index (χ0) is 10.6. The van der Waals surface area contributed by atoms with Gasteiger partial charge in [-0.25, -0.2) is 4.39 Å². The Labute approximate surface area is 82.7 Å². The summed E-state index contributed by atoms with van der Waals surface area (Å²) in [5.74, 6) is -0.340. The summed E-state index contributed by atoms with van der Waals surface area (Å²) in [4.78, 5) is 0. The molecule has 0 aliphatic rings. The van der Waals surface area contributed by atoms with E-state index in [9.17, 15) is 4.39 Å². The molecule has 0 amide bonds. The Kier molecular flexibility index (Phi) is 3.85. The summed E-state index contributed by atoms with van der Waals surface area (Å²) in [5.41, 5.74) is 6.52. The van der Waals surface area contributed by atoms with Gasteiger partial charge < -0.3 is 16.2 Å². The van der Waals surface area contributed by atoms with Crippen LogP contribution in [0.3, 0.4) is 0 Å². The van der Waals surface area contributed by atoms with Crippen molar-refractivity contribution in [1.82, 2.24) is 0 Å². The molecule has 4 heteroatoms. The first-order valence-electron chi connectivity index (χ1n) is 4.53. The van der Waals surface area contributed by atoms with Gasteiger partial charge in [-0.05, 0) is 24.6 Å². The molecule has 14 heavy (non-hydrogen) atoms. The molecule has 0 fully saturated rings. The first-order chi connectivity index (χ1) is 6.67. The molecule has 78 valence electrons. The summed E-state index contributed by atoms with van der Waals surface area (Å²) < 4.78 is 13.3. The summed E-state index contributed by atoms with van der Waals surface area (Å²) in [5, 5.41) is 11.6. The highest BCUT2D eigenvalue weighted by Crippen LogP contribution is 2.16. The first-order valence-corrected chi connectivity index (χ1v) is 4.53. The van der Waals surface area contributed by atoms with E-state index in [0.717, 1.165) is 5.56 Å². The van der Waals surface area contributed by atoms with Gasteiger partial charge in [-0.1, -0.05) is 6.07 Å². The third-order valence-electron chi connectivity index (χ3n) is 1.94. The summed E-state index contributed by atoms with van der Waals surface area (Å²) in [7, 11) is 0. The van der Waals surface area contributed by atoms with Crippen molar-refractivity contribution in [3.63, 3.8) is 0 Å². The van der Waals surface area contributed by atoms with E-state index in [1.54, 1.807) is 19.1 Å². The Morgan fingerprint density at radius 3 is 2.79 bits per heavy atom. The van der Waals surface area contributed by atoms with Gasteiger partial charge in [-0.3, -0.25) is 0 Å². The van der Waals surface area contributed by atoms with Crippen LogP contribution >= 0.6 is 0 Å². The summed E-state index contributed by atoms with van der Waals surface area (Å²) in [6, 6.07) is 4.62. The van der Waals surface area contributed by atoms with Crippen molar-refractivity contribution in [1.29, 1.82) is 0 Å². The van der Waals surface area contributed by atoms with Crippen molar-refractivity contribution in [2.24, 2.45) is 5.73 Å². The molecular weight excluding hydrogens is 183 g/mol. The van der Waals surface area contributed by atoms with Crippen LogP contribution < -0.4 is 11.1 Å². The third-order valence-corrected chi connectivity index (χ3v) is 1.94. The first kappa shape index (κ1) is 10.9. The summed E-state index contributed by atoms with van der Waals surface area (Å²) >= 11 is 0. The molecule has 0 saturated heterocycles. The number of halogens is 1. The number of aliphatic hydroxyl groups excluding tert-OH is 1. The minimum Gasteiger partial charge on any atom is -0.394 e. The van der Waals surface area contributed by atoms with E-state index >= 15 is 0 Å². The highest BCUT2D eigenvalue weighted by molar-refractivity contribution is 5.47. The van der Waals surface area contributed by atoms with Gasteiger partial charge in [-0.2, -0.15) is 0 Å². The number of hydrogen-bond donors (Lipinski definition) is 3. The molecule has 1 rings (SSSR count). The number of rotatable bonds is 4. The van der Waals surface area contributed by atoms with Gasteiger partial charge in [0.1, 0.15) is 5.82 Å². The molecule has 0 bridgehead atoms. The van der Waals surface area contributed by atoms with Crippen molar-refractivity contribution in [3.05, 3.63) is 29.6 Å². The SMILES string of the molecule is CC(CO)Nc1ccc(CN)cc1F. The highest BCUT2D eigenvalue weighted by Gasteiger charge is 2.05. The lowest BCUT2D eigenvalue weighted by molar-refractivity contribution is 0.281. The molecule has 4 N–H and O–H groups in total. The van der Waals surface area contributed by atoms with E-state index in [0.29, 0.717) is 12.2 Å². The van der Waals surface area contributed by atoms with E-state index < -0.39 is 0 Å². The van der Waals surface area contributed by atoms with E-state index in [4.69, 9.17) is 10.8 Å². The fourth-order valence-electron chi connectivity index (χ4n) is 1.11. The van der Waals surface area contributed by atoms with Gasteiger partial charge in [0.05, 0.1) is 12.3 Å². The average molecular weight is 198 g/mol. The second-order valence-electron chi connectivity index (χ2n) is 3.25. The molecule has 0 aromatic heterocycles. The van der Waals surface area contributed by atoms with Crippen molar-refractivity contribution >= 4 is 5.69 Å². The number of nitrogens with one attached hydrogen (secondary N) is 1. The zero-order valence-electron chi connectivity index (χ0n) is 8.13. The second kappa shape index (κ2) is 4.93. The quantitative estimate of drug-likeness (QED) is 0.678. The lowest BCUT2D eigenvalue weighted by Gasteiger charge is -2.13. The Hall–Kier alpha value is -1.13. The molecule has 0 spiro atoms. The van der Waals surface area contributed by atoms with Gasteiger partial charge in [-0.15, -0.1) is 0 Å². The number of aliphatic hydroxyl groups is 1. The van der Waals surface area contributed by atoms with Crippen LogP contribution in [0.1, 0.15) is 12.5 Å².